The quantitative estimate of drug-likeness (QED) is 0.659. The summed E-state index contributed by atoms with van der Waals surface area (Å²) in [7, 11) is 0. The molecule has 4 rings (SSSR count). The molecular weight excluding hydrogens is 364 g/mol. The maximum atomic E-state index is 12.3. The molecule has 0 unspecified atom stereocenters. The number of thioether (sulfide) groups is 1. The molecule has 1 fully saturated rings. The lowest BCUT2D eigenvalue weighted by Gasteiger charge is -2.11. The number of amides is 2. The van der Waals surface area contributed by atoms with Crippen LogP contribution in [0.25, 0.3) is 10.8 Å². The molecule has 8 heteroatoms. The molecule has 0 bridgehead atoms. The summed E-state index contributed by atoms with van der Waals surface area (Å²) in [6.45, 7) is 1.05. The van der Waals surface area contributed by atoms with Crippen LogP contribution in [-0.4, -0.2) is 39.2 Å². The molecule has 1 aliphatic heterocycles. The Labute approximate surface area is 160 Å². The zero-order valence-electron chi connectivity index (χ0n) is 14.6. The molecule has 0 radical (unpaired) electrons. The largest absolute Gasteiger partial charge is 0.414 e. The molecule has 0 spiro atoms. The summed E-state index contributed by atoms with van der Waals surface area (Å²) in [4.78, 5) is 25.6. The Bertz CT molecular complexity index is 983. The van der Waals surface area contributed by atoms with Gasteiger partial charge in [-0.1, -0.05) is 48.2 Å². The van der Waals surface area contributed by atoms with E-state index < -0.39 is 0 Å². The van der Waals surface area contributed by atoms with E-state index in [1.54, 1.807) is 4.90 Å². The Kier molecular flexibility index (Phi) is 5.06. The minimum absolute atomic E-state index is 0.108. The summed E-state index contributed by atoms with van der Waals surface area (Å²) in [5.41, 5.74) is 0.775. The van der Waals surface area contributed by atoms with Gasteiger partial charge in [0.15, 0.2) is 0 Å². The lowest BCUT2D eigenvalue weighted by molar-refractivity contribution is -0.128. The molecule has 138 valence electrons. The molecule has 2 heterocycles. The third kappa shape index (κ3) is 4.11. The van der Waals surface area contributed by atoms with Crippen LogP contribution in [0.15, 0.2) is 52.1 Å². The number of carbonyl (C=O) groups is 2. The predicted molar refractivity (Wildman–Crippen MR) is 102 cm³/mol. The first-order valence-electron chi connectivity index (χ1n) is 8.69. The second-order valence-electron chi connectivity index (χ2n) is 6.24. The first-order valence-corrected chi connectivity index (χ1v) is 9.68. The van der Waals surface area contributed by atoms with Gasteiger partial charge in [-0.3, -0.25) is 9.59 Å². The van der Waals surface area contributed by atoms with Crippen LogP contribution < -0.4 is 5.32 Å². The van der Waals surface area contributed by atoms with Crippen molar-refractivity contribution >= 4 is 40.0 Å². The molecule has 1 N–H and O–H groups in total. The average Bonchev–Trinajstić information content (AvgIpc) is 3.30. The van der Waals surface area contributed by atoms with Crippen LogP contribution in [0, 0.1) is 0 Å². The summed E-state index contributed by atoms with van der Waals surface area (Å²) in [5.74, 6) is 0.512. The Balaban J connectivity index is 1.33. The minimum Gasteiger partial charge on any atom is -0.414 e. The molecule has 1 saturated heterocycles. The van der Waals surface area contributed by atoms with Crippen LogP contribution in [-0.2, 0) is 16.1 Å². The number of rotatable bonds is 6. The van der Waals surface area contributed by atoms with Gasteiger partial charge in [0.2, 0.25) is 17.7 Å². The lowest BCUT2D eigenvalue weighted by Crippen LogP contribution is -2.23. The van der Waals surface area contributed by atoms with Gasteiger partial charge in [0.25, 0.3) is 5.22 Å². The van der Waals surface area contributed by atoms with Gasteiger partial charge < -0.3 is 14.6 Å². The van der Waals surface area contributed by atoms with Crippen LogP contribution in [0.1, 0.15) is 18.7 Å². The highest BCUT2D eigenvalue weighted by molar-refractivity contribution is 7.99. The number of hydrogen-bond donors (Lipinski definition) is 1. The van der Waals surface area contributed by atoms with Crippen LogP contribution in [0.2, 0.25) is 0 Å². The molecule has 0 atom stereocenters. The topological polar surface area (TPSA) is 88.3 Å². The van der Waals surface area contributed by atoms with Gasteiger partial charge in [-0.25, -0.2) is 0 Å². The standard InChI is InChI=1S/C19H18N4O3S/c24-16(20-15-8-3-6-13-5-1-2-7-14(13)15)12-27-19-22-21-17(26-19)11-23-10-4-9-18(23)25/h1-3,5-8H,4,9-12H2,(H,20,24). The number of benzene rings is 2. The number of carbonyl (C=O) groups excluding carboxylic acids is 2. The van der Waals surface area contributed by atoms with E-state index in [9.17, 15) is 9.59 Å². The summed E-state index contributed by atoms with van der Waals surface area (Å²) in [6.07, 6.45) is 1.44. The van der Waals surface area contributed by atoms with Gasteiger partial charge in [-0.05, 0) is 17.9 Å². The zero-order valence-corrected chi connectivity index (χ0v) is 15.4. The number of nitrogens with one attached hydrogen (secondary N) is 1. The Morgan fingerprint density at radius 1 is 1.19 bits per heavy atom. The summed E-state index contributed by atoms with van der Waals surface area (Å²) in [6, 6.07) is 13.7. The van der Waals surface area contributed by atoms with Crippen molar-refractivity contribution in [1.29, 1.82) is 0 Å². The van der Waals surface area contributed by atoms with Gasteiger partial charge in [-0.2, -0.15) is 0 Å². The van der Waals surface area contributed by atoms with Crippen molar-refractivity contribution in [3.05, 3.63) is 48.4 Å². The molecule has 7 nitrogen and oxygen atoms in total. The Morgan fingerprint density at radius 2 is 2.04 bits per heavy atom. The number of likely N-dealkylation sites (tertiary alicyclic amines) is 1. The van der Waals surface area contributed by atoms with Gasteiger partial charge in [0.05, 0.1) is 12.3 Å². The Morgan fingerprint density at radius 3 is 2.89 bits per heavy atom. The highest BCUT2D eigenvalue weighted by atomic mass is 32.2. The van der Waals surface area contributed by atoms with Crippen molar-refractivity contribution in [3.63, 3.8) is 0 Å². The molecule has 0 saturated carbocycles. The van der Waals surface area contributed by atoms with E-state index >= 15 is 0 Å². The average molecular weight is 382 g/mol. The molecule has 2 aromatic carbocycles. The SMILES string of the molecule is O=C(CSc1nnc(CN2CCCC2=O)o1)Nc1cccc2ccccc12. The molecular formula is C19H18N4O3S. The fourth-order valence-electron chi connectivity index (χ4n) is 3.04. The predicted octanol–water partition coefficient (Wildman–Crippen LogP) is 3.08. The summed E-state index contributed by atoms with van der Waals surface area (Å²) in [5, 5.41) is 13.2. The number of nitrogens with zero attached hydrogens (tertiary/aromatic N) is 3. The van der Waals surface area contributed by atoms with Crippen LogP contribution in [0.4, 0.5) is 5.69 Å². The van der Waals surface area contributed by atoms with Gasteiger partial charge >= 0.3 is 0 Å². The zero-order chi connectivity index (χ0) is 18.6. The fraction of sp³-hybridized carbons (Fsp3) is 0.263. The highest BCUT2D eigenvalue weighted by Gasteiger charge is 2.22. The lowest BCUT2D eigenvalue weighted by atomic mass is 10.1. The van der Waals surface area contributed by atoms with Crippen molar-refractivity contribution in [2.75, 3.05) is 17.6 Å². The molecule has 0 aliphatic carbocycles. The van der Waals surface area contributed by atoms with Gasteiger partial charge in [0.1, 0.15) is 0 Å². The van der Waals surface area contributed by atoms with E-state index in [2.05, 4.69) is 15.5 Å². The van der Waals surface area contributed by atoms with Crippen LogP contribution in [0.3, 0.4) is 0 Å². The normalized spacial score (nSPS) is 14.1. The Hall–Kier alpha value is -2.87. The van der Waals surface area contributed by atoms with Crippen LogP contribution >= 0.6 is 11.8 Å². The van der Waals surface area contributed by atoms with E-state index in [1.807, 2.05) is 42.5 Å². The van der Waals surface area contributed by atoms with E-state index in [4.69, 9.17) is 4.42 Å². The van der Waals surface area contributed by atoms with Gasteiger partial charge in [-0.15, -0.1) is 10.2 Å². The maximum Gasteiger partial charge on any atom is 0.277 e. The van der Waals surface area contributed by atoms with E-state index in [1.165, 1.54) is 11.8 Å². The van der Waals surface area contributed by atoms with E-state index in [0.29, 0.717) is 24.1 Å². The molecule has 27 heavy (non-hydrogen) atoms. The van der Waals surface area contributed by atoms with Crippen molar-refractivity contribution in [1.82, 2.24) is 15.1 Å². The summed E-state index contributed by atoms with van der Waals surface area (Å²) < 4.78 is 5.53. The van der Waals surface area contributed by atoms with Gasteiger partial charge in [0, 0.05) is 24.0 Å². The number of aromatic nitrogens is 2. The number of anilines is 1. The molecule has 2 amide bonds. The molecule has 1 aromatic heterocycles. The van der Waals surface area contributed by atoms with Crippen molar-refractivity contribution < 1.29 is 14.0 Å². The van der Waals surface area contributed by atoms with E-state index in [0.717, 1.165) is 29.4 Å². The highest BCUT2D eigenvalue weighted by Crippen LogP contribution is 2.24. The second kappa shape index (κ2) is 7.79. The molecule has 3 aromatic rings. The number of fused-ring (bicyclic) bond motifs is 1. The monoisotopic (exact) mass is 382 g/mol. The maximum absolute atomic E-state index is 12.3. The second-order valence-corrected chi connectivity index (χ2v) is 7.17. The number of hydrogen-bond acceptors (Lipinski definition) is 6. The van der Waals surface area contributed by atoms with E-state index in [-0.39, 0.29) is 17.6 Å². The van der Waals surface area contributed by atoms with Crippen molar-refractivity contribution in [3.8, 4) is 0 Å². The van der Waals surface area contributed by atoms with Crippen LogP contribution in [0.5, 0.6) is 0 Å². The summed E-state index contributed by atoms with van der Waals surface area (Å²) >= 11 is 1.18. The first kappa shape index (κ1) is 17.5. The van der Waals surface area contributed by atoms with Crippen molar-refractivity contribution in [2.24, 2.45) is 0 Å². The first-order chi connectivity index (χ1) is 13.2. The smallest absolute Gasteiger partial charge is 0.277 e. The minimum atomic E-state index is -0.147. The molecule has 1 aliphatic rings. The third-order valence-corrected chi connectivity index (χ3v) is 5.15. The third-order valence-electron chi connectivity index (χ3n) is 4.34. The van der Waals surface area contributed by atoms with Crippen molar-refractivity contribution in [2.45, 2.75) is 24.6 Å². The fourth-order valence-corrected chi connectivity index (χ4v) is 3.62.